The molecular weight excluding hydrogens is 476 g/mol. The fourth-order valence-electron chi connectivity index (χ4n) is 2.36. The number of rotatable bonds is 10. The number of carboxylic acid groups (broad SMARTS) is 1. The summed E-state index contributed by atoms with van der Waals surface area (Å²) in [6, 6.07) is 0. The quantitative estimate of drug-likeness (QED) is 0.175. The molecule has 1 N–H and O–H groups in total. The average molecular weight is 526 g/mol. The SMILES string of the molecule is C=CC.CC.CC/C=C\C=C/C(C)CC.CCCN(CCCC1=NC(Br)=CCC=C1)C(=O)O. The van der Waals surface area contributed by atoms with Crippen molar-refractivity contribution in [1.29, 1.82) is 0 Å². The fourth-order valence-corrected chi connectivity index (χ4v) is 2.77. The molecule has 0 bridgehead atoms. The Balaban J connectivity index is -0.000000507. The van der Waals surface area contributed by atoms with Crippen LogP contribution in [0.15, 0.2) is 64.8 Å². The molecule has 1 rings (SSSR count). The number of allylic oxidation sites excluding steroid dienone is 8. The van der Waals surface area contributed by atoms with Gasteiger partial charge in [0.25, 0.3) is 0 Å². The lowest BCUT2D eigenvalue weighted by molar-refractivity contribution is 0.145. The van der Waals surface area contributed by atoms with Crippen molar-refractivity contribution in [3.05, 3.63) is 59.8 Å². The molecule has 1 heterocycles. The van der Waals surface area contributed by atoms with E-state index in [1.54, 1.807) is 6.08 Å². The van der Waals surface area contributed by atoms with Gasteiger partial charge in [0.05, 0.1) is 0 Å². The lowest BCUT2D eigenvalue weighted by Gasteiger charge is -2.17. The molecule has 190 valence electrons. The van der Waals surface area contributed by atoms with Crippen LogP contribution in [0.1, 0.15) is 87.0 Å². The maximum atomic E-state index is 10.9. The summed E-state index contributed by atoms with van der Waals surface area (Å²) in [4.78, 5) is 16.8. The number of aliphatic imine (C=N–C) groups is 1. The third-order valence-corrected chi connectivity index (χ3v) is 4.68. The summed E-state index contributed by atoms with van der Waals surface area (Å²) >= 11 is 3.38. The molecule has 1 unspecified atom stereocenters. The van der Waals surface area contributed by atoms with Crippen LogP contribution in [0.2, 0.25) is 0 Å². The molecule has 0 saturated heterocycles. The first kappa shape index (κ1) is 35.7. The van der Waals surface area contributed by atoms with Crippen LogP contribution in [0.25, 0.3) is 0 Å². The number of nitrogens with zero attached hydrogens (tertiary/aromatic N) is 2. The lowest BCUT2D eigenvalue weighted by Crippen LogP contribution is -2.31. The molecule has 4 nitrogen and oxygen atoms in total. The zero-order valence-corrected chi connectivity index (χ0v) is 23.8. The summed E-state index contributed by atoms with van der Waals surface area (Å²) in [7, 11) is 0. The van der Waals surface area contributed by atoms with E-state index < -0.39 is 6.09 Å². The summed E-state index contributed by atoms with van der Waals surface area (Å²) in [5, 5.41) is 8.99. The average Bonchev–Trinajstić information content (AvgIpc) is 3.02. The highest BCUT2D eigenvalue weighted by molar-refractivity contribution is 9.11. The number of halogens is 1. The summed E-state index contributed by atoms with van der Waals surface area (Å²) < 4.78 is 0.853. The highest BCUT2D eigenvalue weighted by Crippen LogP contribution is 2.14. The molecule has 0 aromatic carbocycles. The monoisotopic (exact) mass is 524 g/mol. The first-order valence-corrected chi connectivity index (χ1v) is 13.1. The number of amides is 1. The van der Waals surface area contributed by atoms with Crippen molar-refractivity contribution in [2.45, 2.75) is 87.0 Å². The van der Waals surface area contributed by atoms with E-state index in [1.807, 2.05) is 39.8 Å². The van der Waals surface area contributed by atoms with Gasteiger partial charge in [-0.1, -0.05) is 84.4 Å². The first-order chi connectivity index (χ1) is 15.9. The van der Waals surface area contributed by atoms with Crippen molar-refractivity contribution in [3.8, 4) is 0 Å². The van der Waals surface area contributed by atoms with Crippen molar-refractivity contribution in [1.82, 2.24) is 4.90 Å². The van der Waals surface area contributed by atoms with Crippen molar-refractivity contribution < 1.29 is 9.90 Å². The van der Waals surface area contributed by atoms with Gasteiger partial charge in [0, 0.05) is 18.8 Å². The minimum absolute atomic E-state index is 0.567. The fraction of sp³-hybridized carbons (Fsp3) is 0.571. The molecule has 0 fully saturated rings. The predicted octanol–water partition coefficient (Wildman–Crippen LogP) is 9.57. The molecule has 1 aliphatic heterocycles. The summed E-state index contributed by atoms with van der Waals surface area (Å²) in [6.07, 6.45) is 21.3. The number of carbonyl (C=O) groups is 1. The molecule has 5 heteroatoms. The van der Waals surface area contributed by atoms with Crippen LogP contribution >= 0.6 is 15.9 Å². The van der Waals surface area contributed by atoms with E-state index in [4.69, 9.17) is 5.11 Å². The molecular formula is C28H49BrN2O2. The Morgan fingerprint density at radius 2 is 1.91 bits per heavy atom. The first-order valence-electron chi connectivity index (χ1n) is 12.3. The molecule has 1 amide bonds. The van der Waals surface area contributed by atoms with Gasteiger partial charge >= 0.3 is 6.09 Å². The van der Waals surface area contributed by atoms with E-state index in [0.29, 0.717) is 13.1 Å². The molecule has 0 aliphatic carbocycles. The normalized spacial score (nSPS) is 13.2. The Hall–Kier alpha value is -1.88. The minimum atomic E-state index is -0.837. The highest BCUT2D eigenvalue weighted by Gasteiger charge is 2.10. The summed E-state index contributed by atoms with van der Waals surface area (Å²) in [5.41, 5.74) is 0.998. The minimum Gasteiger partial charge on any atom is -0.465 e. The van der Waals surface area contributed by atoms with Crippen LogP contribution in [0, 0.1) is 5.92 Å². The number of hydrogen-bond acceptors (Lipinski definition) is 2. The van der Waals surface area contributed by atoms with Crippen LogP contribution < -0.4 is 0 Å². The lowest BCUT2D eigenvalue weighted by atomic mass is 10.1. The number of hydrogen-bond donors (Lipinski definition) is 1. The van der Waals surface area contributed by atoms with Gasteiger partial charge in [0.1, 0.15) is 4.61 Å². The zero-order chi connectivity index (χ0) is 25.9. The van der Waals surface area contributed by atoms with E-state index in [2.05, 4.69) is 78.7 Å². The zero-order valence-electron chi connectivity index (χ0n) is 22.2. The van der Waals surface area contributed by atoms with Gasteiger partial charge in [-0.15, -0.1) is 6.58 Å². The van der Waals surface area contributed by atoms with Crippen LogP contribution in [-0.2, 0) is 0 Å². The van der Waals surface area contributed by atoms with Gasteiger partial charge in [0.2, 0.25) is 0 Å². The maximum Gasteiger partial charge on any atom is 0.407 e. The molecule has 0 saturated carbocycles. The van der Waals surface area contributed by atoms with Crippen molar-refractivity contribution in [3.63, 3.8) is 0 Å². The second kappa shape index (κ2) is 28.2. The van der Waals surface area contributed by atoms with Gasteiger partial charge in [-0.2, -0.15) is 0 Å². The van der Waals surface area contributed by atoms with E-state index in [-0.39, 0.29) is 0 Å². The van der Waals surface area contributed by atoms with Crippen LogP contribution in [-0.4, -0.2) is 34.9 Å². The van der Waals surface area contributed by atoms with E-state index in [9.17, 15) is 4.79 Å². The largest absolute Gasteiger partial charge is 0.465 e. The highest BCUT2D eigenvalue weighted by atomic mass is 79.9. The van der Waals surface area contributed by atoms with E-state index in [1.165, 1.54) is 11.3 Å². The predicted molar refractivity (Wildman–Crippen MR) is 153 cm³/mol. The Morgan fingerprint density at radius 3 is 2.42 bits per heavy atom. The van der Waals surface area contributed by atoms with E-state index in [0.717, 1.165) is 48.3 Å². The third kappa shape index (κ3) is 26.3. The van der Waals surface area contributed by atoms with Gasteiger partial charge in [-0.3, -0.25) is 0 Å². The van der Waals surface area contributed by atoms with Crippen molar-refractivity contribution >= 4 is 27.7 Å². The van der Waals surface area contributed by atoms with Gasteiger partial charge in [-0.25, -0.2) is 9.79 Å². The van der Waals surface area contributed by atoms with E-state index >= 15 is 0 Å². The molecule has 33 heavy (non-hydrogen) atoms. The summed E-state index contributed by atoms with van der Waals surface area (Å²) in [6.45, 7) is 19.0. The Morgan fingerprint density at radius 1 is 1.27 bits per heavy atom. The summed E-state index contributed by atoms with van der Waals surface area (Å²) in [5.74, 6) is 0.724. The van der Waals surface area contributed by atoms with Crippen LogP contribution in [0.4, 0.5) is 4.79 Å². The Labute approximate surface area is 213 Å². The molecule has 0 radical (unpaired) electrons. The van der Waals surface area contributed by atoms with Gasteiger partial charge in [0.15, 0.2) is 0 Å². The van der Waals surface area contributed by atoms with Gasteiger partial charge in [-0.05, 0) is 73.0 Å². The third-order valence-electron chi connectivity index (χ3n) is 4.17. The van der Waals surface area contributed by atoms with Crippen LogP contribution in [0.3, 0.4) is 0 Å². The Bertz CT molecular complexity index is 619. The molecule has 1 atom stereocenters. The van der Waals surface area contributed by atoms with Crippen molar-refractivity contribution in [2.75, 3.05) is 13.1 Å². The Kier molecular flexibility index (Phi) is 30.5. The molecule has 0 aromatic rings. The molecule has 1 aliphatic rings. The van der Waals surface area contributed by atoms with Crippen LogP contribution in [0.5, 0.6) is 0 Å². The van der Waals surface area contributed by atoms with Crippen molar-refractivity contribution in [2.24, 2.45) is 10.9 Å². The second-order valence-corrected chi connectivity index (χ2v) is 7.97. The topological polar surface area (TPSA) is 52.9 Å². The molecule has 0 spiro atoms. The molecule has 0 aromatic heterocycles. The van der Waals surface area contributed by atoms with Gasteiger partial charge < -0.3 is 10.0 Å². The second-order valence-electron chi connectivity index (χ2n) is 7.16. The maximum absolute atomic E-state index is 10.9. The standard InChI is InChI=1S/C13H19BrN2O2.C10H18.C3H6.C2H6/c1-2-9-16(13(17)18)10-5-7-11-6-3-4-8-12(14)15-11;1-4-6-7-8-9-10(3)5-2;1-3-2;1-2/h3,6,8H,2,4-5,7,9-10H2,1H3,(H,17,18);6-10H,4-5H2,1-3H3;3H,1H2,2H3;1-2H3/b;7-6-,9-8-;;. The smallest absolute Gasteiger partial charge is 0.407 e.